The van der Waals surface area contributed by atoms with Crippen molar-refractivity contribution in [2.24, 2.45) is 0 Å². The van der Waals surface area contributed by atoms with Gasteiger partial charge in [-0.2, -0.15) is 0 Å². The molecule has 0 aliphatic heterocycles. The molecule has 0 spiro atoms. The summed E-state index contributed by atoms with van der Waals surface area (Å²) in [4.78, 5) is 0. The van der Waals surface area contributed by atoms with Gasteiger partial charge >= 0.3 is 0 Å². The highest BCUT2D eigenvalue weighted by Crippen LogP contribution is 2.00. The minimum Gasteiger partial charge on any atom is -0.393 e. The first-order valence-electron chi connectivity index (χ1n) is 3.50. The molecule has 11 heavy (non-hydrogen) atoms. The topological polar surface area (TPSA) is 32.3 Å². The highest BCUT2D eigenvalue weighted by molar-refractivity contribution is 6.36. The smallest absolute Gasteiger partial charge is 0.0524 e. The van der Waals surface area contributed by atoms with E-state index in [0.717, 1.165) is 13.0 Å². The molecule has 1 unspecified atom stereocenters. The molecular formula is C7H13Cl2NO. The third-order valence-electron chi connectivity index (χ3n) is 1.15. The van der Waals surface area contributed by atoms with Crippen LogP contribution in [0.25, 0.3) is 0 Å². The van der Waals surface area contributed by atoms with Gasteiger partial charge in [0.1, 0.15) is 0 Å². The maximum atomic E-state index is 8.86. The predicted octanol–water partition coefficient (Wildman–Crippen LogP) is 1.67. The van der Waals surface area contributed by atoms with Crippen molar-refractivity contribution in [3.8, 4) is 0 Å². The third kappa shape index (κ3) is 8.14. The molecule has 0 bridgehead atoms. The number of rotatable bonds is 5. The fraction of sp³-hybridized carbons (Fsp3) is 0.714. The second-order valence-corrected chi connectivity index (χ2v) is 3.07. The Hall–Kier alpha value is 0.240. The van der Waals surface area contributed by atoms with Crippen LogP contribution in [-0.2, 0) is 0 Å². The van der Waals surface area contributed by atoms with E-state index in [-0.39, 0.29) is 6.10 Å². The van der Waals surface area contributed by atoms with E-state index in [9.17, 15) is 0 Å². The number of nitrogens with one attached hydrogen (secondary N) is 1. The number of hydrogen-bond donors (Lipinski definition) is 2. The fourth-order valence-electron chi connectivity index (χ4n) is 0.557. The van der Waals surface area contributed by atoms with Crippen LogP contribution < -0.4 is 5.32 Å². The van der Waals surface area contributed by atoms with Crippen molar-refractivity contribution in [1.82, 2.24) is 5.32 Å². The predicted molar refractivity (Wildman–Crippen MR) is 49.0 cm³/mol. The van der Waals surface area contributed by atoms with Crippen molar-refractivity contribution in [2.45, 2.75) is 19.4 Å². The summed E-state index contributed by atoms with van der Waals surface area (Å²) in [5, 5.41) is 12.5. The number of aliphatic hydroxyl groups excluding tert-OH is 1. The van der Waals surface area contributed by atoms with Crippen LogP contribution >= 0.6 is 23.2 Å². The van der Waals surface area contributed by atoms with E-state index < -0.39 is 0 Å². The Labute approximate surface area is 77.2 Å². The van der Waals surface area contributed by atoms with Gasteiger partial charge in [0.15, 0.2) is 0 Å². The number of hydrogen-bond acceptors (Lipinski definition) is 2. The van der Waals surface area contributed by atoms with Crippen LogP contribution in [-0.4, -0.2) is 24.3 Å². The number of halogens is 2. The molecule has 0 fully saturated rings. The summed E-state index contributed by atoms with van der Waals surface area (Å²) in [5.74, 6) is 0. The van der Waals surface area contributed by atoms with E-state index in [0.29, 0.717) is 11.6 Å². The Balaban J connectivity index is 3.15. The lowest BCUT2D eigenvalue weighted by atomic mass is 10.3. The van der Waals surface area contributed by atoms with E-state index in [2.05, 4.69) is 5.32 Å². The normalized spacial score (nSPS) is 15.1. The van der Waals surface area contributed by atoms with Gasteiger partial charge in [-0.25, -0.2) is 0 Å². The molecule has 0 radical (unpaired) electrons. The van der Waals surface area contributed by atoms with Gasteiger partial charge in [-0.15, -0.1) is 0 Å². The van der Waals surface area contributed by atoms with Crippen LogP contribution in [0.2, 0.25) is 0 Å². The molecule has 1 atom stereocenters. The Kier molecular flexibility index (Phi) is 7.07. The van der Waals surface area contributed by atoms with Crippen molar-refractivity contribution in [3.63, 3.8) is 0 Å². The van der Waals surface area contributed by atoms with Crippen LogP contribution in [0.1, 0.15) is 13.3 Å². The molecule has 0 saturated carbocycles. The first-order valence-corrected chi connectivity index (χ1v) is 4.31. The van der Waals surface area contributed by atoms with Crippen LogP contribution in [0.15, 0.2) is 10.6 Å². The summed E-state index contributed by atoms with van der Waals surface area (Å²) in [6, 6.07) is 0. The van der Waals surface area contributed by atoms with Gasteiger partial charge in [0.05, 0.1) is 6.10 Å². The molecule has 0 aromatic carbocycles. The van der Waals surface area contributed by atoms with Crippen LogP contribution in [0.5, 0.6) is 0 Å². The lowest BCUT2D eigenvalue weighted by molar-refractivity contribution is 0.184. The standard InChI is InChI=1S/C7H13Cl2NO/c1-6(11)2-3-10-5-7(9)4-8/h4,6,10-11H,2-3,5H2,1H3. The van der Waals surface area contributed by atoms with E-state index in [1.165, 1.54) is 5.54 Å². The molecule has 2 N–H and O–H groups in total. The van der Waals surface area contributed by atoms with Gasteiger partial charge in [-0.3, -0.25) is 0 Å². The second kappa shape index (κ2) is 6.92. The maximum absolute atomic E-state index is 8.86. The zero-order valence-electron chi connectivity index (χ0n) is 6.48. The summed E-state index contributed by atoms with van der Waals surface area (Å²) in [6.45, 7) is 3.07. The van der Waals surface area contributed by atoms with Gasteiger partial charge in [0, 0.05) is 17.1 Å². The largest absolute Gasteiger partial charge is 0.393 e. The van der Waals surface area contributed by atoms with Crippen molar-refractivity contribution < 1.29 is 5.11 Å². The molecular weight excluding hydrogens is 185 g/mol. The molecule has 0 aliphatic rings. The van der Waals surface area contributed by atoms with E-state index in [4.69, 9.17) is 28.3 Å². The Bertz CT molecular complexity index is 126. The molecule has 0 heterocycles. The third-order valence-corrected chi connectivity index (χ3v) is 1.77. The molecule has 0 amide bonds. The first-order chi connectivity index (χ1) is 5.16. The summed E-state index contributed by atoms with van der Waals surface area (Å²) >= 11 is 10.9. The maximum Gasteiger partial charge on any atom is 0.0524 e. The fourth-order valence-corrected chi connectivity index (χ4v) is 0.729. The van der Waals surface area contributed by atoms with Crippen molar-refractivity contribution in [2.75, 3.05) is 13.1 Å². The van der Waals surface area contributed by atoms with E-state index in [1.54, 1.807) is 6.92 Å². The highest BCUT2D eigenvalue weighted by Gasteiger charge is 1.94. The molecule has 0 aliphatic carbocycles. The van der Waals surface area contributed by atoms with Crippen molar-refractivity contribution in [1.29, 1.82) is 0 Å². The molecule has 0 rings (SSSR count). The summed E-state index contributed by atoms with van der Waals surface area (Å²) in [7, 11) is 0. The van der Waals surface area contributed by atoms with Crippen molar-refractivity contribution >= 4 is 23.2 Å². The average molecular weight is 198 g/mol. The van der Waals surface area contributed by atoms with Crippen LogP contribution in [0.3, 0.4) is 0 Å². The van der Waals surface area contributed by atoms with Gasteiger partial charge in [-0.1, -0.05) is 23.2 Å². The molecule has 0 saturated heterocycles. The molecule has 2 nitrogen and oxygen atoms in total. The van der Waals surface area contributed by atoms with E-state index in [1.807, 2.05) is 0 Å². The van der Waals surface area contributed by atoms with Gasteiger partial charge in [-0.05, 0) is 19.9 Å². The van der Waals surface area contributed by atoms with Crippen LogP contribution in [0.4, 0.5) is 0 Å². The molecule has 4 heteroatoms. The Morgan fingerprint density at radius 2 is 2.36 bits per heavy atom. The zero-order chi connectivity index (χ0) is 8.69. The van der Waals surface area contributed by atoms with Gasteiger partial charge in [0.25, 0.3) is 0 Å². The summed E-state index contributed by atoms with van der Waals surface area (Å²) in [5.41, 5.74) is 1.33. The monoisotopic (exact) mass is 197 g/mol. The second-order valence-electron chi connectivity index (χ2n) is 2.37. The van der Waals surface area contributed by atoms with Crippen molar-refractivity contribution in [3.05, 3.63) is 10.6 Å². The first kappa shape index (κ1) is 11.2. The minimum atomic E-state index is -0.263. The summed E-state index contributed by atoms with van der Waals surface area (Å²) < 4.78 is 0. The number of aliphatic hydroxyl groups is 1. The molecule has 66 valence electrons. The van der Waals surface area contributed by atoms with Crippen LogP contribution in [0, 0.1) is 0 Å². The molecule has 0 aromatic heterocycles. The highest BCUT2D eigenvalue weighted by atomic mass is 35.5. The van der Waals surface area contributed by atoms with Gasteiger partial charge in [0.2, 0.25) is 0 Å². The Morgan fingerprint density at radius 1 is 1.73 bits per heavy atom. The quantitative estimate of drug-likeness (QED) is 0.658. The lowest BCUT2D eigenvalue weighted by Gasteiger charge is -2.04. The molecule has 0 aromatic rings. The van der Waals surface area contributed by atoms with E-state index >= 15 is 0 Å². The zero-order valence-corrected chi connectivity index (χ0v) is 7.99. The summed E-state index contributed by atoms with van der Waals surface area (Å²) in [6.07, 6.45) is 0.466. The minimum absolute atomic E-state index is 0.263. The SMILES string of the molecule is CC(O)CCNCC(Cl)=CCl. The van der Waals surface area contributed by atoms with Gasteiger partial charge < -0.3 is 10.4 Å². The Morgan fingerprint density at radius 3 is 2.82 bits per heavy atom. The average Bonchev–Trinajstić information content (AvgIpc) is 1.97. The lowest BCUT2D eigenvalue weighted by Crippen LogP contribution is -2.20.